The first-order valence-electron chi connectivity index (χ1n) is 8.90. The molecule has 1 N–H and O–H groups in total. The third kappa shape index (κ3) is 5.29. The summed E-state index contributed by atoms with van der Waals surface area (Å²) in [5.41, 5.74) is 1.88. The third-order valence-electron chi connectivity index (χ3n) is 4.83. The van der Waals surface area contributed by atoms with E-state index in [0.717, 1.165) is 32.5 Å². The Morgan fingerprint density at radius 3 is 2.81 bits per heavy atom. The number of rotatable bonds is 6. The van der Waals surface area contributed by atoms with Crippen LogP contribution in [0.25, 0.3) is 0 Å². The highest BCUT2D eigenvalue weighted by Crippen LogP contribution is 2.19. The van der Waals surface area contributed by atoms with Gasteiger partial charge in [-0.25, -0.2) is 4.39 Å². The van der Waals surface area contributed by atoms with Gasteiger partial charge in [0.2, 0.25) is 5.91 Å². The summed E-state index contributed by atoms with van der Waals surface area (Å²) < 4.78 is 14.9. The summed E-state index contributed by atoms with van der Waals surface area (Å²) in [7, 11) is 1.93. The predicted molar refractivity (Wildman–Crippen MR) is 99.3 cm³/mol. The van der Waals surface area contributed by atoms with E-state index in [1.54, 1.807) is 6.07 Å². The van der Waals surface area contributed by atoms with Crippen molar-refractivity contribution < 1.29 is 9.18 Å². The minimum atomic E-state index is -0.391. The molecule has 0 radical (unpaired) electrons. The van der Waals surface area contributed by atoms with Gasteiger partial charge in [0.15, 0.2) is 0 Å². The molecule has 1 amide bonds. The van der Waals surface area contributed by atoms with Crippen LogP contribution in [0.15, 0.2) is 30.6 Å². The van der Waals surface area contributed by atoms with Gasteiger partial charge in [0.1, 0.15) is 5.82 Å². The number of aryl methyl sites for hydroxylation is 1. The number of nitrogens with zero attached hydrogens (tertiary/aromatic N) is 3. The summed E-state index contributed by atoms with van der Waals surface area (Å²) in [4.78, 5) is 14.5. The van der Waals surface area contributed by atoms with Crippen LogP contribution in [0.2, 0.25) is 5.02 Å². The van der Waals surface area contributed by atoms with E-state index in [4.69, 9.17) is 11.6 Å². The highest BCUT2D eigenvalue weighted by atomic mass is 35.5. The number of nitrogens with one attached hydrogen (secondary N) is 1. The maximum absolute atomic E-state index is 13.1. The second-order valence-corrected chi connectivity index (χ2v) is 7.37. The predicted octanol–water partition coefficient (Wildman–Crippen LogP) is 2.78. The standard InChI is InChI=1S/C19H24ClFN4O/c1-24-12-15(11-23-24)13-25-6-4-14(5-7-25)10-22-19(26)8-16-2-3-17(21)9-18(16)20/h2-3,9,11-12,14H,4-8,10,13H2,1H3,(H,22,26). The molecule has 1 aliphatic heterocycles. The number of benzene rings is 1. The number of carbonyl (C=O) groups is 1. The minimum Gasteiger partial charge on any atom is -0.356 e. The van der Waals surface area contributed by atoms with Crippen LogP contribution in [-0.4, -0.2) is 40.2 Å². The number of carbonyl (C=O) groups excluding carboxylic acids is 1. The van der Waals surface area contributed by atoms with Crippen LogP contribution < -0.4 is 5.32 Å². The van der Waals surface area contributed by atoms with Crippen LogP contribution in [0.4, 0.5) is 4.39 Å². The normalized spacial score (nSPS) is 16.0. The molecule has 1 aromatic heterocycles. The fraction of sp³-hybridized carbons (Fsp3) is 0.474. The van der Waals surface area contributed by atoms with Gasteiger partial charge in [-0.05, 0) is 49.5 Å². The zero-order chi connectivity index (χ0) is 18.5. The lowest BCUT2D eigenvalue weighted by Crippen LogP contribution is -2.38. The quantitative estimate of drug-likeness (QED) is 0.840. The SMILES string of the molecule is Cn1cc(CN2CCC(CNC(=O)Cc3ccc(F)cc3Cl)CC2)cn1. The van der Waals surface area contributed by atoms with Gasteiger partial charge in [-0.3, -0.25) is 14.4 Å². The molecule has 0 aliphatic carbocycles. The molecule has 2 aromatic rings. The fourth-order valence-corrected chi connectivity index (χ4v) is 3.55. The van der Waals surface area contributed by atoms with E-state index >= 15 is 0 Å². The molecule has 7 heteroatoms. The van der Waals surface area contributed by atoms with Gasteiger partial charge in [-0.15, -0.1) is 0 Å². The molecule has 3 rings (SSSR count). The Hall–Kier alpha value is -1.92. The molecule has 26 heavy (non-hydrogen) atoms. The fourth-order valence-electron chi connectivity index (χ4n) is 3.32. The summed E-state index contributed by atoms with van der Waals surface area (Å²) in [6.45, 7) is 3.66. The van der Waals surface area contributed by atoms with Crippen LogP contribution in [0, 0.1) is 11.7 Å². The van der Waals surface area contributed by atoms with E-state index in [1.165, 1.54) is 17.7 Å². The highest BCUT2D eigenvalue weighted by molar-refractivity contribution is 6.31. The van der Waals surface area contributed by atoms with E-state index in [0.29, 0.717) is 23.0 Å². The Morgan fingerprint density at radius 1 is 1.38 bits per heavy atom. The molecule has 0 spiro atoms. The average Bonchev–Trinajstić information content (AvgIpc) is 3.02. The van der Waals surface area contributed by atoms with E-state index in [1.807, 2.05) is 24.1 Å². The molecular weight excluding hydrogens is 355 g/mol. The van der Waals surface area contributed by atoms with Crippen LogP contribution in [-0.2, 0) is 24.8 Å². The Balaban J connectivity index is 1.38. The number of piperidine rings is 1. The summed E-state index contributed by atoms with van der Waals surface area (Å²) in [6, 6.07) is 4.13. The van der Waals surface area contributed by atoms with Crippen molar-refractivity contribution >= 4 is 17.5 Å². The monoisotopic (exact) mass is 378 g/mol. The molecular formula is C19H24ClFN4O. The Bertz CT molecular complexity index is 756. The number of hydrogen-bond donors (Lipinski definition) is 1. The summed E-state index contributed by atoms with van der Waals surface area (Å²) in [5.74, 6) is 0.0290. The van der Waals surface area contributed by atoms with Gasteiger partial charge in [-0.1, -0.05) is 17.7 Å². The van der Waals surface area contributed by atoms with Crippen molar-refractivity contribution in [3.05, 3.63) is 52.6 Å². The topological polar surface area (TPSA) is 50.2 Å². The lowest BCUT2D eigenvalue weighted by Gasteiger charge is -2.31. The third-order valence-corrected chi connectivity index (χ3v) is 5.18. The zero-order valence-electron chi connectivity index (χ0n) is 14.9. The summed E-state index contributed by atoms with van der Waals surface area (Å²) in [6.07, 6.45) is 6.27. The molecule has 1 fully saturated rings. The maximum Gasteiger partial charge on any atom is 0.224 e. The number of aromatic nitrogens is 2. The molecule has 0 atom stereocenters. The highest BCUT2D eigenvalue weighted by Gasteiger charge is 2.20. The van der Waals surface area contributed by atoms with Crippen LogP contribution in [0.1, 0.15) is 24.0 Å². The van der Waals surface area contributed by atoms with E-state index in [9.17, 15) is 9.18 Å². The molecule has 0 bridgehead atoms. The van der Waals surface area contributed by atoms with Crippen LogP contribution in [0.3, 0.4) is 0 Å². The van der Waals surface area contributed by atoms with Gasteiger partial charge in [0, 0.05) is 36.9 Å². The molecule has 2 heterocycles. The molecule has 140 valence electrons. The van der Waals surface area contributed by atoms with E-state index < -0.39 is 5.82 Å². The first-order chi connectivity index (χ1) is 12.5. The smallest absolute Gasteiger partial charge is 0.224 e. The molecule has 1 aromatic carbocycles. The van der Waals surface area contributed by atoms with Gasteiger partial charge in [-0.2, -0.15) is 5.10 Å². The zero-order valence-corrected chi connectivity index (χ0v) is 15.7. The van der Waals surface area contributed by atoms with Crippen molar-refractivity contribution in [2.45, 2.75) is 25.8 Å². The van der Waals surface area contributed by atoms with Crippen molar-refractivity contribution in [3.63, 3.8) is 0 Å². The number of likely N-dealkylation sites (tertiary alicyclic amines) is 1. The maximum atomic E-state index is 13.1. The first kappa shape index (κ1) is 18.9. The molecule has 1 aliphatic rings. The number of amides is 1. The molecule has 5 nitrogen and oxygen atoms in total. The number of halogens is 2. The Kier molecular flexibility index (Phi) is 6.27. The van der Waals surface area contributed by atoms with Gasteiger partial charge < -0.3 is 5.32 Å². The average molecular weight is 379 g/mol. The van der Waals surface area contributed by atoms with Gasteiger partial charge in [0.25, 0.3) is 0 Å². The van der Waals surface area contributed by atoms with Gasteiger partial charge >= 0.3 is 0 Å². The molecule has 1 saturated heterocycles. The van der Waals surface area contributed by atoms with E-state index in [-0.39, 0.29) is 12.3 Å². The molecule has 0 saturated carbocycles. The Morgan fingerprint density at radius 2 is 2.15 bits per heavy atom. The van der Waals surface area contributed by atoms with Crippen molar-refractivity contribution in [1.82, 2.24) is 20.0 Å². The first-order valence-corrected chi connectivity index (χ1v) is 9.28. The lowest BCUT2D eigenvalue weighted by molar-refractivity contribution is -0.120. The van der Waals surface area contributed by atoms with Crippen molar-refractivity contribution in [2.75, 3.05) is 19.6 Å². The number of hydrogen-bond acceptors (Lipinski definition) is 3. The van der Waals surface area contributed by atoms with Crippen LogP contribution >= 0.6 is 11.6 Å². The summed E-state index contributed by atoms with van der Waals surface area (Å²) >= 11 is 5.98. The summed E-state index contributed by atoms with van der Waals surface area (Å²) in [5, 5.41) is 7.49. The van der Waals surface area contributed by atoms with Crippen molar-refractivity contribution in [1.29, 1.82) is 0 Å². The Labute approximate surface area is 158 Å². The molecule has 0 unspecified atom stereocenters. The van der Waals surface area contributed by atoms with Crippen molar-refractivity contribution in [3.8, 4) is 0 Å². The second-order valence-electron chi connectivity index (χ2n) is 6.96. The largest absolute Gasteiger partial charge is 0.356 e. The minimum absolute atomic E-state index is 0.0729. The van der Waals surface area contributed by atoms with Gasteiger partial charge in [0.05, 0.1) is 12.6 Å². The second kappa shape index (κ2) is 8.64. The lowest BCUT2D eigenvalue weighted by atomic mass is 9.96. The van der Waals surface area contributed by atoms with E-state index in [2.05, 4.69) is 15.3 Å². The van der Waals surface area contributed by atoms with Crippen LogP contribution in [0.5, 0.6) is 0 Å². The van der Waals surface area contributed by atoms with Crippen molar-refractivity contribution in [2.24, 2.45) is 13.0 Å².